The molecule has 2 aromatic carbocycles. The molecule has 26 heavy (non-hydrogen) atoms. The van der Waals surface area contributed by atoms with Gasteiger partial charge in [0, 0.05) is 18.7 Å². The predicted molar refractivity (Wildman–Crippen MR) is 95.7 cm³/mol. The van der Waals surface area contributed by atoms with Crippen molar-refractivity contribution in [1.82, 2.24) is 0 Å². The SMILES string of the molecule is CCOC(=O)c1cccc(N(CC)S(=O)(=O)c2cccc([N+](=O)[O-])c2)c1. The van der Waals surface area contributed by atoms with Crippen LogP contribution in [-0.4, -0.2) is 32.5 Å². The third-order valence-corrected chi connectivity index (χ3v) is 5.45. The van der Waals surface area contributed by atoms with Crippen LogP contribution < -0.4 is 4.31 Å². The molecule has 2 aromatic rings. The standard InChI is InChI=1S/C17H18N2O6S/c1-3-18(14-8-5-7-13(11-14)17(20)25-4-2)26(23,24)16-10-6-9-15(12-16)19(21)22/h5-12H,3-4H2,1-2H3. The van der Waals surface area contributed by atoms with Crippen molar-refractivity contribution in [2.45, 2.75) is 18.7 Å². The molecule has 9 heteroatoms. The first-order chi connectivity index (χ1) is 12.3. The Hall–Kier alpha value is -2.94. The quantitative estimate of drug-likeness (QED) is 0.416. The lowest BCUT2D eigenvalue weighted by molar-refractivity contribution is -0.385. The van der Waals surface area contributed by atoms with Crippen molar-refractivity contribution in [2.24, 2.45) is 0 Å². The Morgan fingerprint density at radius 1 is 1.15 bits per heavy atom. The lowest BCUT2D eigenvalue weighted by atomic mass is 10.2. The Morgan fingerprint density at radius 3 is 2.46 bits per heavy atom. The number of rotatable bonds is 7. The zero-order valence-corrected chi connectivity index (χ0v) is 15.1. The number of nitrogens with zero attached hydrogens (tertiary/aromatic N) is 2. The normalized spacial score (nSPS) is 11.0. The average molecular weight is 378 g/mol. The monoisotopic (exact) mass is 378 g/mol. The lowest BCUT2D eigenvalue weighted by Gasteiger charge is -2.23. The maximum atomic E-state index is 12.9. The van der Waals surface area contributed by atoms with Gasteiger partial charge in [-0.1, -0.05) is 12.1 Å². The van der Waals surface area contributed by atoms with Crippen LogP contribution in [-0.2, 0) is 14.8 Å². The lowest BCUT2D eigenvalue weighted by Crippen LogP contribution is -2.31. The number of carbonyl (C=O) groups is 1. The van der Waals surface area contributed by atoms with Crippen LogP contribution in [0.5, 0.6) is 0 Å². The molecule has 0 saturated heterocycles. The highest BCUT2D eigenvalue weighted by Gasteiger charge is 2.26. The molecule has 0 unspecified atom stereocenters. The molecule has 0 fully saturated rings. The minimum absolute atomic E-state index is 0.0807. The van der Waals surface area contributed by atoms with Gasteiger partial charge in [-0.25, -0.2) is 13.2 Å². The van der Waals surface area contributed by atoms with Gasteiger partial charge < -0.3 is 4.74 Å². The molecule has 0 aliphatic heterocycles. The van der Waals surface area contributed by atoms with Gasteiger partial charge in [-0.05, 0) is 38.1 Å². The van der Waals surface area contributed by atoms with Gasteiger partial charge in [0.05, 0.1) is 27.7 Å². The molecule has 0 saturated carbocycles. The summed E-state index contributed by atoms with van der Waals surface area (Å²) >= 11 is 0. The van der Waals surface area contributed by atoms with E-state index in [0.29, 0.717) is 0 Å². The summed E-state index contributed by atoms with van der Waals surface area (Å²) in [5.74, 6) is -0.557. The van der Waals surface area contributed by atoms with E-state index in [1.54, 1.807) is 26.0 Å². The van der Waals surface area contributed by atoms with E-state index in [1.807, 2.05) is 0 Å². The predicted octanol–water partition coefficient (Wildman–Crippen LogP) is 2.99. The van der Waals surface area contributed by atoms with Crippen LogP contribution >= 0.6 is 0 Å². The summed E-state index contributed by atoms with van der Waals surface area (Å²) in [5.41, 5.74) is 0.170. The minimum atomic E-state index is -4.04. The number of carbonyl (C=O) groups excluding carboxylic acids is 1. The van der Waals surface area contributed by atoms with Crippen LogP contribution in [0.3, 0.4) is 0 Å². The van der Waals surface area contributed by atoms with E-state index in [9.17, 15) is 23.3 Å². The van der Waals surface area contributed by atoms with Crippen molar-refractivity contribution in [3.8, 4) is 0 Å². The number of ether oxygens (including phenoxy) is 1. The number of sulfonamides is 1. The second-order valence-electron chi connectivity index (χ2n) is 5.20. The van der Waals surface area contributed by atoms with Crippen LogP contribution in [0.15, 0.2) is 53.4 Å². The van der Waals surface area contributed by atoms with Gasteiger partial charge in [-0.15, -0.1) is 0 Å². The summed E-state index contributed by atoms with van der Waals surface area (Å²) in [4.78, 5) is 21.9. The van der Waals surface area contributed by atoms with E-state index in [0.717, 1.165) is 10.4 Å². The number of non-ortho nitro benzene ring substituents is 1. The summed E-state index contributed by atoms with van der Waals surface area (Å²) in [7, 11) is -4.04. The topological polar surface area (TPSA) is 107 Å². The Balaban J connectivity index is 2.47. The van der Waals surface area contributed by atoms with Gasteiger partial charge in [-0.2, -0.15) is 0 Å². The van der Waals surface area contributed by atoms with Crippen LogP contribution in [0.2, 0.25) is 0 Å². The molecule has 0 bridgehead atoms. The molecule has 0 aromatic heterocycles. The summed E-state index contributed by atoms with van der Waals surface area (Å²) in [5, 5.41) is 10.9. The van der Waals surface area contributed by atoms with E-state index in [2.05, 4.69) is 0 Å². The molecule has 0 amide bonds. The average Bonchev–Trinajstić information content (AvgIpc) is 2.62. The van der Waals surface area contributed by atoms with E-state index < -0.39 is 20.9 Å². The van der Waals surface area contributed by atoms with Crippen LogP contribution in [0.1, 0.15) is 24.2 Å². The van der Waals surface area contributed by atoms with Gasteiger partial charge in [0.15, 0.2) is 0 Å². The molecular weight excluding hydrogens is 360 g/mol. The molecule has 0 atom stereocenters. The number of esters is 1. The molecular formula is C17H18N2O6S. The Bertz CT molecular complexity index is 926. The molecule has 0 aliphatic carbocycles. The van der Waals surface area contributed by atoms with Gasteiger partial charge in [0.1, 0.15) is 0 Å². The molecule has 0 N–H and O–H groups in total. The number of anilines is 1. The van der Waals surface area contributed by atoms with Crippen molar-refractivity contribution in [3.05, 3.63) is 64.2 Å². The Labute approximate surface area is 151 Å². The van der Waals surface area contributed by atoms with Gasteiger partial charge >= 0.3 is 5.97 Å². The van der Waals surface area contributed by atoms with Crippen molar-refractivity contribution in [3.63, 3.8) is 0 Å². The number of nitro benzene ring substituents is 1. The largest absolute Gasteiger partial charge is 0.462 e. The van der Waals surface area contributed by atoms with Crippen molar-refractivity contribution in [1.29, 1.82) is 0 Å². The molecule has 0 radical (unpaired) electrons. The molecule has 138 valence electrons. The fourth-order valence-corrected chi connectivity index (χ4v) is 3.88. The van der Waals surface area contributed by atoms with Crippen LogP contribution in [0.4, 0.5) is 11.4 Å². The number of hydrogen-bond donors (Lipinski definition) is 0. The van der Waals surface area contributed by atoms with Crippen LogP contribution in [0.25, 0.3) is 0 Å². The van der Waals surface area contributed by atoms with E-state index in [-0.39, 0.29) is 35.0 Å². The first-order valence-electron chi connectivity index (χ1n) is 7.85. The number of benzene rings is 2. The van der Waals surface area contributed by atoms with Gasteiger partial charge in [0.2, 0.25) is 0 Å². The third kappa shape index (κ3) is 3.99. The van der Waals surface area contributed by atoms with Gasteiger partial charge in [-0.3, -0.25) is 14.4 Å². The zero-order chi connectivity index (χ0) is 19.3. The zero-order valence-electron chi connectivity index (χ0n) is 14.3. The van der Waals surface area contributed by atoms with Gasteiger partial charge in [0.25, 0.3) is 15.7 Å². The minimum Gasteiger partial charge on any atom is -0.462 e. The van der Waals surface area contributed by atoms with E-state index >= 15 is 0 Å². The molecule has 0 spiro atoms. The van der Waals surface area contributed by atoms with Crippen molar-refractivity contribution < 1.29 is 22.9 Å². The van der Waals surface area contributed by atoms with Crippen molar-refractivity contribution >= 4 is 27.4 Å². The first-order valence-corrected chi connectivity index (χ1v) is 9.29. The summed E-state index contributed by atoms with van der Waals surface area (Å²) in [6.45, 7) is 3.59. The van der Waals surface area contributed by atoms with Crippen LogP contribution in [0, 0.1) is 10.1 Å². The number of hydrogen-bond acceptors (Lipinski definition) is 6. The Kier molecular flexibility index (Phi) is 5.93. The maximum Gasteiger partial charge on any atom is 0.338 e. The highest BCUT2D eigenvalue weighted by molar-refractivity contribution is 7.92. The summed E-state index contributed by atoms with van der Waals surface area (Å²) in [6.07, 6.45) is 0. The molecule has 0 aliphatic rings. The Morgan fingerprint density at radius 2 is 1.85 bits per heavy atom. The fourth-order valence-electron chi connectivity index (χ4n) is 2.38. The second-order valence-corrected chi connectivity index (χ2v) is 7.06. The molecule has 2 rings (SSSR count). The maximum absolute atomic E-state index is 12.9. The van der Waals surface area contributed by atoms with Crippen molar-refractivity contribution in [2.75, 3.05) is 17.5 Å². The molecule has 8 nitrogen and oxygen atoms in total. The second kappa shape index (κ2) is 7.96. The third-order valence-electron chi connectivity index (χ3n) is 3.55. The highest BCUT2D eigenvalue weighted by atomic mass is 32.2. The smallest absolute Gasteiger partial charge is 0.338 e. The molecule has 0 heterocycles. The fraction of sp³-hybridized carbons (Fsp3) is 0.235. The first kappa shape index (κ1) is 19.4. The highest BCUT2D eigenvalue weighted by Crippen LogP contribution is 2.26. The summed E-state index contributed by atoms with van der Waals surface area (Å²) in [6, 6.07) is 10.9. The van der Waals surface area contributed by atoms with E-state index in [1.165, 1.54) is 30.3 Å². The van der Waals surface area contributed by atoms with E-state index in [4.69, 9.17) is 4.74 Å². The number of nitro groups is 1. The summed E-state index contributed by atoms with van der Waals surface area (Å²) < 4.78 is 31.9.